The van der Waals surface area contributed by atoms with Crippen molar-refractivity contribution in [2.24, 2.45) is 23.0 Å². The Morgan fingerprint density at radius 2 is 1.72 bits per heavy atom. The van der Waals surface area contributed by atoms with Gasteiger partial charge in [0, 0.05) is 50.4 Å². The van der Waals surface area contributed by atoms with Gasteiger partial charge in [-0.3, -0.25) is 24.2 Å². The van der Waals surface area contributed by atoms with Crippen LogP contribution in [0, 0.1) is 17.3 Å². The first kappa shape index (κ1) is 31.0. The molecule has 0 aromatic heterocycles. The van der Waals surface area contributed by atoms with Crippen LogP contribution in [-0.4, -0.2) is 100 Å². The first-order valence-electron chi connectivity index (χ1n) is 14.8. The molecule has 0 heterocycles. The van der Waals surface area contributed by atoms with Gasteiger partial charge in [-0.15, -0.1) is 0 Å². The van der Waals surface area contributed by atoms with Crippen molar-refractivity contribution in [2.45, 2.75) is 70.7 Å². The third kappa shape index (κ3) is 4.91. The predicted octanol–water partition coefficient (Wildman–Crippen LogP) is 2.04. The average molecular weight is 597 g/mol. The number of benzene rings is 1. The molecular weight excluding hydrogens is 552 g/mol. The Morgan fingerprint density at radius 3 is 2.23 bits per heavy atom. The summed E-state index contributed by atoms with van der Waals surface area (Å²) in [5.74, 6) is -6.50. The minimum Gasteiger partial charge on any atom is -0.508 e. The summed E-state index contributed by atoms with van der Waals surface area (Å²) >= 11 is 0. The monoisotopic (exact) mass is 596 g/mol. The van der Waals surface area contributed by atoms with Gasteiger partial charge in [-0.05, 0) is 68.3 Å². The van der Waals surface area contributed by atoms with Crippen LogP contribution in [0.15, 0.2) is 23.0 Å². The zero-order chi connectivity index (χ0) is 31.9. The number of nitrogens with zero attached hydrogens (tertiary/aromatic N) is 3. The minimum absolute atomic E-state index is 0.0574. The molecule has 1 amide bonds. The molecule has 11 nitrogen and oxygen atoms in total. The molecule has 0 spiro atoms. The Kier molecular flexibility index (Phi) is 7.47. The summed E-state index contributed by atoms with van der Waals surface area (Å²) in [7, 11) is 6.98. The van der Waals surface area contributed by atoms with E-state index in [2.05, 4.69) is 25.7 Å². The Hall–Kier alpha value is -3.41. The molecule has 0 aliphatic heterocycles. The van der Waals surface area contributed by atoms with Crippen LogP contribution < -0.4 is 10.6 Å². The number of aliphatic hydroxyl groups is 3. The minimum atomic E-state index is -2.65. The van der Waals surface area contributed by atoms with Crippen molar-refractivity contribution in [3.05, 3.63) is 39.7 Å². The first-order chi connectivity index (χ1) is 19.9. The van der Waals surface area contributed by atoms with Crippen molar-refractivity contribution >= 4 is 28.9 Å². The van der Waals surface area contributed by atoms with Gasteiger partial charge in [-0.25, -0.2) is 0 Å². The summed E-state index contributed by atoms with van der Waals surface area (Å²) in [4.78, 5) is 45.5. The Labute approximate surface area is 252 Å². The third-order valence-electron chi connectivity index (χ3n) is 9.33. The van der Waals surface area contributed by atoms with Crippen LogP contribution in [0.4, 0.5) is 5.69 Å². The smallest absolute Gasteiger partial charge is 0.255 e. The number of nitrogens with two attached hydrogens (primary N) is 1. The maximum absolute atomic E-state index is 14.1. The average Bonchev–Trinajstić information content (AvgIpc) is 3.70. The van der Waals surface area contributed by atoms with Crippen LogP contribution in [0.25, 0.3) is 5.76 Å². The molecule has 1 aromatic rings. The zero-order valence-electron chi connectivity index (χ0n) is 26.1. The highest BCUT2D eigenvalue weighted by atomic mass is 16.3. The number of ketones is 2. The fourth-order valence-corrected chi connectivity index (χ4v) is 7.63. The van der Waals surface area contributed by atoms with Crippen molar-refractivity contribution in [1.29, 1.82) is 0 Å². The lowest BCUT2D eigenvalue weighted by atomic mass is 9.57. The highest BCUT2D eigenvalue weighted by Gasteiger charge is 2.64. The molecule has 4 aliphatic rings. The lowest BCUT2D eigenvalue weighted by molar-refractivity contribution is -0.153. The number of aliphatic hydroxyl groups excluding tert-OH is 2. The molecule has 2 fully saturated rings. The maximum atomic E-state index is 14.1. The quantitative estimate of drug-likeness (QED) is 0.294. The van der Waals surface area contributed by atoms with E-state index in [0.717, 1.165) is 30.6 Å². The van der Waals surface area contributed by atoms with Crippen LogP contribution in [0.3, 0.4) is 0 Å². The van der Waals surface area contributed by atoms with E-state index in [1.54, 1.807) is 20.2 Å². The molecule has 4 aliphatic carbocycles. The molecule has 1 aromatic carbocycles. The first-order valence-corrected chi connectivity index (χ1v) is 14.8. The number of primary amides is 1. The Morgan fingerprint density at radius 1 is 1.09 bits per heavy atom. The second-order valence-electron chi connectivity index (χ2n) is 14.3. The molecule has 234 valence electrons. The molecule has 0 unspecified atom stereocenters. The van der Waals surface area contributed by atoms with Crippen molar-refractivity contribution in [2.75, 3.05) is 39.6 Å². The fourth-order valence-electron chi connectivity index (χ4n) is 7.63. The van der Waals surface area contributed by atoms with E-state index in [1.807, 2.05) is 19.0 Å². The zero-order valence-corrected chi connectivity index (χ0v) is 26.1. The molecule has 4 atom stereocenters. The second-order valence-corrected chi connectivity index (χ2v) is 14.3. The van der Waals surface area contributed by atoms with E-state index in [-0.39, 0.29) is 35.1 Å². The number of aromatic hydroxyl groups is 1. The molecule has 11 heteroatoms. The summed E-state index contributed by atoms with van der Waals surface area (Å²) in [5.41, 5.74) is 4.39. The molecular formula is C32H44N4O7. The number of likely N-dealkylation sites (N-methyl/N-ethyl adjacent to an activating group) is 1. The lowest BCUT2D eigenvalue weighted by Crippen LogP contribution is -2.65. The largest absolute Gasteiger partial charge is 0.508 e. The van der Waals surface area contributed by atoms with E-state index in [0.29, 0.717) is 18.2 Å². The van der Waals surface area contributed by atoms with Gasteiger partial charge in [0.15, 0.2) is 11.4 Å². The van der Waals surface area contributed by atoms with Gasteiger partial charge < -0.3 is 31.1 Å². The number of phenols is 1. The van der Waals surface area contributed by atoms with E-state index in [4.69, 9.17) is 5.73 Å². The molecule has 2 saturated carbocycles. The molecule has 43 heavy (non-hydrogen) atoms. The summed E-state index contributed by atoms with van der Waals surface area (Å²) in [5, 5.41) is 45.8. The predicted molar refractivity (Wildman–Crippen MR) is 161 cm³/mol. The number of phenolic OH excluding ortho intramolecular Hbond substituents is 1. The normalized spacial score (nSPS) is 27.4. The molecule has 6 N–H and O–H groups in total. The van der Waals surface area contributed by atoms with Gasteiger partial charge in [-0.2, -0.15) is 0 Å². The van der Waals surface area contributed by atoms with Gasteiger partial charge in [0.05, 0.1) is 11.6 Å². The van der Waals surface area contributed by atoms with Crippen LogP contribution in [0.1, 0.15) is 56.7 Å². The van der Waals surface area contributed by atoms with E-state index in [1.165, 1.54) is 4.90 Å². The SMILES string of the molecule is CN(C)c1c(CN(CC(C)(C)C)C2CC2)cc(O)c2c1C[C@H]1C[C@H]3[C@H](N(C)C)C(=O)C(C(N)=O)=C(O)[C@@]3(O)C(=O)C1=C2O. The van der Waals surface area contributed by atoms with Crippen LogP contribution in [0.5, 0.6) is 5.75 Å². The van der Waals surface area contributed by atoms with Crippen molar-refractivity contribution in [3.8, 4) is 5.75 Å². The van der Waals surface area contributed by atoms with Gasteiger partial charge in [0.25, 0.3) is 5.91 Å². The summed E-state index contributed by atoms with van der Waals surface area (Å²) < 4.78 is 0. The van der Waals surface area contributed by atoms with Crippen LogP contribution in [0.2, 0.25) is 0 Å². The number of carbonyl (C=O) groups excluding carboxylic acids is 3. The molecule has 0 radical (unpaired) electrons. The number of hydrogen-bond acceptors (Lipinski definition) is 10. The fraction of sp³-hybridized carbons (Fsp3) is 0.594. The number of fused-ring (bicyclic) bond motifs is 3. The van der Waals surface area contributed by atoms with Crippen LogP contribution in [-0.2, 0) is 27.3 Å². The number of hydrogen-bond donors (Lipinski definition) is 5. The summed E-state index contributed by atoms with van der Waals surface area (Å²) in [6, 6.07) is 0.992. The second kappa shape index (κ2) is 10.3. The highest BCUT2D eigenvalue weighted by molar-refractivity contribution is 6.24. The van der Waals surface area contributed by atoms with E-state index >= 15 is 0 Å². The number of anilines is 1. The molecule has 0 bridgehead atoms. The maximum Gasteiger partial charge on any atom is 0.255 e. The van der Waals surface area contributed by atoms with E-state index < -0.39 is 58.0 Å². The standard InChI is InChI=1S/C32H44N4O7/c1-31(2,3)14-36(17-8-9-17)13-16-12-20(37)22-18(24(16)34(4)5)10-15-11-19-25(35(6)7)27(39)23(30(33)42)29(41)32(19,43)28(40)21(15)26(22)38/h12,15,17,19,25,37-38,41,43H,8-11,13-14H2,1-7H3,(H2,33,42)/t15-,19-,25-,32-/m0/s1. The van der Waals surface area contributed by atoms with Crippen molar-refractivity contribution < 1.29 is 34.8 Å². The van der Waals surface area contributed by atoms with Gasteiger partial charge in [-0.1, -0.05) is 20.8 Å². The molecule has 5 rings (SSSR count). The highest BCUT2D eigenvalue weighted by Crippen LogP contribution is 2.54. The van der Waals surface area contributed by atoms with Gasteiger partial charge in [0.2, 0.25) is 5.78 Å². The van der Waals surface area contributed by atoms with Crippen molar-refractivity contribution in [3.63, 3.8) is 0 Å². The summed E-state index contributed by atoms with van der Waals surface area (Å²) in [6.45, 7) is 8.06. The Balaban J connectivity index is 1.67. The number of carbonyl (C=O) groups is 3. The van der Waals surface area contributed by atoms with Crippen LogP contribution >= 0.6 is 0 Å². The van der Waals surface area contributed by atoms with Gasteiger partial charge >= 0.3 is 0 Å². The van der Waals surface area contributed by atoms with Gasteiger partial charge in [0.1, 0.15) is 22.8 Å². The molecule has 0 saturated heterocycles. The topological polar surface area (TPSA) is 168 Å². The van der Waals surface area contributed by atoms with E-state index in [9.17, 15) is 34.8 Å². The number of Topliss-reactive ketones (excluding diaryl/α,β-unsaturated/α-hetero) is 2. The lowest BCUT2D eigenvalue weighted by Gasteiger charge is -2.50. The van der Waals surface area contributed by atoms with Crippen molar-refractivity contribution in [1.82, 2.24) is 9.80 Å². The Bertz CT molecular complexity index is 1470. The summed E-state index contributed by atoms with van der Waals surface area (Å²) in [6.07, 6.45) is 2.56. The third-order valence-corrected chi connectivity index (χ3v) is 9.33. The number of rotatable bonds is 7. The number of amides is 1.